The van der Waals surface area contributed by atoms with E-state index in [4.69, 9.17) is 16.6 Å². The average molecular weight is 473 g/mol. The third-order valence-corrected chi connectivity index (χ3v) is 5.84. The van der Waals surface area contributed by atoms with Crippen molar-refractivity contribution in [3.05, 3.63) is 112 Å². The van der Waals surface area contributed by atoms with Gasteiger partial charge in [0.05, 0.1) is 17.5 Å². The molecule has 176 valence electrons. The molecule has 0 saturated heterocycles. The zero-order chi connectivity index (χ0) is 24.5. The number of rotatable bonds is 6. The lowest BCUT2D eigenvalue weighted by molar-refractivity contribution is -0.118. The number of amides is 1. The first-order valence-electron chi connectivity index (χ1n) is 12.0. The zero-order valence-corrected chi connectivity index (χ0v) is 21.2. The molecule has 1 heterocycles. The second kappa shape index (κ2) is 12.3. The molecule has 34 heavy (non-hydrogen) atoms. The summed E-state index contributed by atoms with van der Waals surface area (Å²) in [5.41, 5.74) is 6.64. The summed E-state index contributed by atoms with van der Waals surface area (Å²) in [6, 6.07) is 25.8. The third-order valence-electron chi connectivity index (χ3n) is 5.58. The molecule has 1 N–H and O–H groups in total. The van der Waals surface area contributed by atoms with Gasteiger partial charge in [0.15, 0.2) is 0 Å². The van der Waals surface area contributed by atoms with Crippen LogP contribution in [-0.2, 0) is 11.2 Å². The lowest BCUT2D eigenvalue weighted by Gasteiger charge is -2.16. The van der Waals surface area contributed by atoms with Crippen LogP contribution in [0.1, 0.15) is 68.8 Å². The van der Waals surface area contributed by atoms with Crippen molar-refractivity contribution in [2.45, 2.75) is 53.0 Å². The van der Waals surface area contributed by atoms with Crippen molar-refractivity contribution in [3.8, 4) is 0 Å². The Bertz CT molecular complexity index is 1160. The molecule has 4 rings (SSSR count). The standard InChI is InChI=1S/C27H25ClN2O.C3H8/c1-3-19-8-7-11-22(16-19)26-24(17-25(30-26)21-9-5-4-6-10-21)27(31)29-18(2)20-12-14-23(28)15-13-20;1-3-2/h4-16,18H,3,17H2,1-2H3,(H,29,31);3H2,1-2H3. The predicted octanol–water partition coefficient (Wildman–Crippen LogP) is 7.80. The van der Waals surface area contributed by atoms with E-state index in [-0.39, 0.29) is 11.9 Å². The summed E-state index contributed by atoms with van der Waals surface area (Å²) in [6.45, 7) is 8.36. The van der Waals surface area contributed by atoms with Gasteiger partial charge in [-0.15, -0.1) is 0 Å². The quantitative estimate of drug-likeness (QED) is 0.390. The molecule has 1 amide bonds. The molecule has 4 heteroatoms. The number of aryl methyl sites for hydroxylation is 1. The molecule has 0 radical (unpaired) electrons. The Morgan fingerprint density at radius 1 is 0.941 bits per heavy atom. The second-order valence-corrected chi connectivity index (χ2v) is 8.87. The second-order valence-electron chi connectivity index (χ2n) is 8.44. The van der Waals surface area contributed by atoms with Crippen LogP contribution in [0.2, 0.25) is 5.02 Å². The van der Waals surface area contributed by atoms with Gasteiger partial charge in [0.25, 0.3) is 0 Å². The maximum absolute atomic E-state index is 13.3. The monoisotopic (exact) mass is 472 g/mol. The third kappa shape index (κ3) is 6.45. The van der Waals surface area contributed by atoms with Gasteiger partial charge in [0.1, 0.15) is 0 Å². The lowest BCUT2D eigenvalue weighted by atomic mass is 9.99. The normalized spacial score (nSPS) is 13.6. The number of aliphatic imine (C=N–C) groups is 1. The van der Waals surface area contributed by atoms with E-state index < -0.39 is 0 Å². The first kappa shape index (κ1) is 25.5. The molecule has 0 fully saturated rings. The summed E-state index contributed by atoms with van der Waals surface area (Å²) < 4.78 is 0. The van der Waals surface area contributed by atoms with Crippen LogP contribution in [0.25, 0.3) is 5.70 Å². The van der Waals surface area contributed by atoms with Gasteiger partial charge >= 0.3 is 0 Å². The van der Waals surface area contributed by atoms with E-state index in [1.807, 2.05) is 73.7 Å². The zero-order valence-electron chi connectivity index (χ0n) is 20.4. The molecule has 3 aromatic rings. The SMILES string of the molecule is CCC.CCc1cccc(C2=C(C(=O)NC(C)c3ccc(Cl)cc3)CC(c3ccccc3)=N2)c1. The maximum Gasteiger partial charge on any atom is 0.250 e. The minimum atomic E-state index is -0.138. The summed E-state index contributed by atoms with van der Waals surface area (Å²) in [6.07, 6.45) is 2.69. The smallest absolute Gasteiger partial charge is 0.250 e. The Morgan fingerprint density at radius 2 is 1.59 bits per heavy atom. The van der Waals surface area contributed by atoms with Crippen LogP contribution >= 0.6 is 11.6 Å². The van der Waals surface area contributed by atoms with Crippen molar-refractivity contribution in [2.75, 3.05) is 0 Å². The summed E-state index contributed by atoms with van der Waals surface area (Å²) in [4.78, 5) is 18.3. The van der Waals surface area contributed by atoms with Crippen molar-refractivity contribution >= 4 is 28.9 Å². The largest absolute Gasteiger partial charge is 0.346 e. The number of halogens is 1. The van der Waals surface area contributed by atoms with E-state index in [9.17, 15) is 4.79 Å². The topological polar surface area (TPSA) is 41.5 Å². The Labute approximate surface area is 208 Å². The van der Waals surface area contributed by atoms with Crippen LogP contribution in [0.15, 0.2) is 89.4 Å². The Kier molecular flexibility index (Phi) is 9.24. The fraction of sp³-hybridized carbons (Fsp3) is 0.267. The van der Waals surface area contributed by atoms with Gasteiger partial charge in [-0.1, -0.05) is 99.5 Å². The maximum atomic E-state index is 13.3. The van der Waals surface area contributed by atoms with Crippen molar-refractivity contribution < 1.29 is 4.79 Å². The highest BCUT2D eigenvalue weighted by molar-refractivity contribution is 6.30. The number of nitrogens with one attached hydrogen (secondary N) is 1. The molecular weight excluding hydrogens is 440 g/mol. The number of hydrogen-bond donors (Lipinski definition) is 1. The number of carbonyl (C=O) groups excluding carboxylic acids is 1. The van der Waals surface area contributed by atoms with E-state index in [0.29, 0.717) is 17.0 Å². The Balaban J connectivity index is 0.00000103. The first-order valence-corrected chi connectivity index (χ1v) is 12.4. The summed E-state index contributed by atoms with van der Waals surface area (Å²) >= 11 is 6.00. The fourth-order valence-corrected chi connectivity index (χ4v) is 3.90. The van der Waals surface area contributed by atoms with Crippen molar-refractivity contribution in [2.24, 2.45) is 4.99 Å². The van der Waals surface area contributed by atoms with Crippen molar-refractivity contribution in [3.63, 3.8) is 0 Å². The summed E-state index contributed by atoms with van der Waals surface area (Å²) in [5, 5.41) is 3.83. The van der Waals surface area contributed by atoms with E-state index >= 15 is 0 Å². The molecule has 1 unspecified atom stereocenters. The summed E-state index contributed by atoms with van der Waals surface area (Å²) in [7, 11) is 0. The van der Waals surface area contributed by atoms with E-state index in [1.54, 1.807) is 0 Å². The van der Waals surface area contributed by atoms with Gasteiger partial charge < -0.3 is 5.32 Å². The van der Waals surface area contributed by atoms with Crippen molar-refractivity contribution in [1.29, 1.82) is 0 Å². The molecule has 0 aliphatic carbocycles. The minimum absolute atomic E-state index is 0.0889. The molecule has 0 spiro atoms. The fourth-order valence-electron chi connectivity index (χ4n) is 3.77. The van der Waals surface area contributed by atoms with E-state index in [2.05, 4.69) is 38.2 Å². The predicted molar refractivity (Wildman–Crippen MR) is 144 cm³/mol. The Morgan fingerprint density at radius 3 is 2.24 bits per heavy atom. The molecule has 1 atom stereocenters. The highest BCUT2D eigenvalue weighted by atomic mass is 35.5. The van der Waals surface area contributed by atoms with Crippen molar-refractivity contribution in [1.82, 2.24) is 5.32 Å². The van der Waals surface area contributed by atoms with Crippen LogP contribution in [0.4, 0.5) is 0 Å². The molecule has 0 bridgehead atoms. The van der Waals surface area contributed by atoms with Crippen LogP contribution in [0.3, 0.4) is 0 Å². The number of benzene rings is 3. The van der Waals surface area contributed by atoms with Crippen LogP contribution in [0.5, 0.6) is 0 Å². The first-order chi connectivity index (χ1) is 16.5. The van der Waals surface area contributed by atoms with Crippen LogP contribution in [-0.4, -0.2) is 11.6 Å². The Hall–Kier alpha value is -3.17. The van der Waals surface area contributed by atoms with E-state index in [0.717, 1.165) is 34.5 Å². The summed E-state index contributed by atoms with van der Waals surface area (Å²) in [5.74, 6) is -0.0889. The van der Waals surface area contributed by atoms with Gasteiger partial charge in [-0.3, -0.25) is 9.79 Å². The number of carbonyl (C=O) groups is 1. The molecule has 1 aliphatic heterocycles. The van der Waals surface area contributed by atoms with Crippen LogP contribution in [0, 0.1) is 0 Å². The molecule has 3 nitrogen and oxygen atoms in total. The van der Waals surface area contributed by atoms with E-state index in [1.165, 1.54) is 12.0 Å². The van der Waals surface area contributed by atoms with Gasteiger partial charge in [-0.25, -0.2) is 0 Å². The molecule has 0 aromatic heterocycles. The average Bonchev–Trinajstić information content (AvgIpc) is 3.31. The molecule has 1 aliphatic rings. The van der Waals surface area contributed by atoms with Gasteiger partial charge in [-0.2, -0.15) is 0 Å². The molecule has 0 saturated carbocycles. The highest BCUT2D eigenvalue weighted by Crippen LogP contribution is 2.32. The van der Waals surface area contributed by atoms with Gasteiger partial charge in [-0.05, 0) is 48.2 Å². The number of nitrogens with zero attached hydrogens (tertiary/aromatic N) is 1. The van der Waals surface area contributed by atoms with Gasteiger partial charge in [0.2, 0.25) is 5.91 Å². The minimum Gasteiger partial charge on any atom is -0.346 e. The van der Waals surface area contributed by atoms with Gasteiger partial charge in [0, 0.05) is 22.6 Å². The highest BCUT2D eigenvalue weighted by Gasteiger charge is 2.26. The number of hydrogen-bond acceptors (Lipinski definition) is 2. The molecule has 3 aromatic carbocycles. The lowest BCUT2D eigenvalue weighted by Crippen LogP contribution is -2.28. The molecular formula is C30H33ClN2O. The van der Waals surface area contributed by atoms with Crippen LogP contribution < -0.4 is 5.32 Å².